The first-order chi connectivity index (χ1) is 10.4. The summed E-state index contributed by atoms with van der Waals surface area (Å²) in [6, 6.07) is 2.81. The van der Waals surface area contributed by atoms with Crippen LogP contribution < -0.4 is 5.32 Å². The van der Waals surface area contributed by atoms with Crippen LogP contribution in [0.1, 0.15) is 19.8 Å². The lowest BCUT2D eigenvalue weighted by Crippen LogP contribution is -2.40. The number of sulfonamides is 1. The van der Waals surface area contributed by atoms with Crippen molar-refractivity contribution in [3.8, 4) is 0 Å². The molecule has 2 rings (SSSR count). The van der Waals surface area contributed by atoms with E-state index in [0.29, 0.717) is 24.0 Å². The summed E-state index contributed by atoms with van der Waals surface area (Å²) in [5.41, 5.74) is 0. The van der Waals surface area contributed by atoms with Crippen molar-refractivity contribution >= 4 is 57.2 Å². The minimum atomic E-state index is -3.69. The SMILES string of the molecule is CCNCC1CCN(S(=O)(=O)c2c(Cl)cc(Cl)cc2Cl)CC1.Cl. The van der Waals surface area contributed by atoms with Crippen LogP contribution in [0.25, 0.3) is 0 Å². The molecule has 132 valence electrons. The van der Waals surface area contributed by atoms with E-state index in [0.717, 1.165) is 25.9 Å². The van der Waals surface area contributed by atoms with E-state index >= 15 is 0 Å². The minimum absolute atomic E-state index is 0. The Labute approximate surface area is 158 Å². The molecule has 1 N–H and O–H groups in total. The molecular weight excluding hydrogens is 402 g/mol. The number of halogens is 4. The number of benzene rings is 1. The first-order valence-corrected chi connectivity index (χ1v) is 9.79. The second-order valence-corrected chi connectivity index (χ2v) is 8.48. The molecular formula is C14H20Cl4N2O2S. The van der Waals surface area contributed by atoms with E-state index in [4.69, 9.17) is 34.8 Å². The van der Waals surface area contributed by atoms with Gasteiger partial charge in [-0.2, -0.15) is 4.31 Å². The van der Waals surface area contributed by atoms with Gasteiger partial charge in [0.1, 0.15) is 4.90 Å². The van der Waals surface area contributed by atoms with Crippen LogP contribution in [0.15, 0.2) is 17.0 Å². The fourth-order valence-corrected chi connectivity index (χ4v) is 5.57. The molecule has 1 aromatic rings. The van der Waals surface area contributed by atoms with Gasteiger partial charge < -0.3 is 5.32 Å². The summed E-state index contributed by atoms with van der Waals surface area (Å²) >= 11 is 17.9. The van der Waals surface area contributed by atoms with Crippen molar-refractivity contribution in [1.82, 2.24) is 9.62 Å². The standard InChI is InChI=1S/C14H19Cl3N2O2S.ClH/c1-2-18-9-10-3-5-19(6-4-10)22(20,21)14-12(16)7-11(15)8-13(14)17;/h7-8,10,18H,2-6,9H2,1H3;1H. The number of hydrogen-bond donors (Lipinski definition) is 1. The molecule has 1 aliphatic heterocycles. The second-order valence-electron chi connectivity index (χ2n) is 5.35. The van der Waals surface area contributed by atoms with E-state index in [2.05, 4.69) is 12.2 Å². The maximum Gasteiger partial charge on any atom is 0.246 e. The van der Waals surface area contributed by atoms with Gasteiger partial charge in [-0.05, 0) is 44.0 Å². The molecule has 1 aliphatic rings. The third-order valence-electron chi connectivity index (χ3n) is 3.82. The molecule has 0 radical (unpaired) electrons. The van der Waals surface area contributed by atoms with Gasteiger partial charge in [0.2, 0.25) is 10.0 Å². The molecule has 0 aromatic heterocycles. The van der Waals surface area contributed by atoms with Crippen molar-refractivity contribution in [2.24, 2.45) is 5.92 Å². The third kappa shape index (κ3) is 5.11. The van der Waals surface area contributed by atoms with Crippen molar-refractivity contribution in [2.45, 2.75) is 24.7 Å². The van der Waals surface area contributed by atoms with Crippen LogP contribution in [-0.4, -0.2) is 38.9 Å². The molecule has 1 aromatic carbocycles. The largest absolute Gasteiger partial charge is 0.317 e. The summed E-state index contributed by atoms with van der Waals surface area (Å²) in [5.74, 6) is 0.502. The fraction of sp³-hybridized carbons (Fsp3) is 0.571. The molecule has 0 aliphatic carbocycles. The zero-order valence-electron chi connectivity index (χ0n) is 12.7. The summed E-state index contributed by atoms with van der Waals surface area (Å²) < 4.78 is 27.0. The van der Waals surface area contributed by atoms with Gasteiger partial charge >= 0.3 is 0 Å². The first-order valence-electron chi connectivity index (χ1n) is 7.21. The molecule has 1 saturated heterocycles. The summed E-state index contributed by atoms with van der Waals surface area (Å²) in [4.78, 5) is -0.0506. The van der Waals surface area contributed by atoms with Crippen molar-refractivity contribution in [2.75, 3.05) is 26.2 Å². The predicted octanol–water partition coefficient (Wildman–Crippen LogP) is 4.08. The monoisotopic (exact) mass is 420 g/mol. The lowest BCUT2D eigenvalue weighted by atomic mass is 9.98. The Bertz CT molecular complexity index is 609. The highest BCUT2D eigenvalue weighted by molar-refractivity contribution is 7.89. The Kier molecular flexibility index (Phi) is 8.41. The van der Waals surface area contributed by atoms with Crippen LogP contribution in [0.2, 0.25) is 15.1 Å². The normalized spacial score (nSPS) is 17.0. The highest BCUT2D eigenvalue weighted by atomic mass is 35.5. The fourth-order valence-electron chi connectivity index (χ4n) is 2.61. The summed E-state index contributed by atoms with van der Waals surface area (Å²) in [5, 5.41) is 3.75. The Morgan fingerprint density at radius 2 is 1.70 bits per heavy atom. The molecule has 1 fully saturated rings. The van der Waals surface area contributed by atoms with Gasteiger partial charge in [-0.25, -0.2) is 8.42 Å². The minimum Gasteiger partial charge on any atom is -0.317 e. The van der Waals surface area contributed by atoms with Gasteiger partial charge in [0.15, 0.2) is 0 Å². The highest BCUT2D eigenvalue weighted by Crippen LogP contribution is 2.35. The van der Waals surface area contributed by atoms with Crippen molar-refractivity contribution < 1.29 is 8.42 Å². The van der Waals surface area contributed by atoms with Crippen LogP contribution in [0.5, 0.6) is 0 Å². The van der Waals surface area contributed by atoms with Crippen LogP contribution in [0, 0.1) is 5.92 Å². The smallest absolute Gasteiger partial charge is 0.246 e. The lowest BCUT2D eigenvalue weighted by molar-refractivity contribution is 0.268. The molecule has 23 heavy (non-hydrogen) atoms. The van der Waals surface area contributed by atoms with Crippen LogP contribution in [-0.2, 0) is 10.0 Å². The molecule has 4 nitrogen and oxygen atoms in total. The first kappa shape index (κ1) is 21.3. The van der Waals surface area contributed by atoms with E-state index in [1.807, 2.05) is 0 Å². The topological polar surface area (TPSA) is 49.4 Å². The molecule has 9 heteroatoms. The van der Waals surface area contributed by atoms with E-state index < -0.39 is 10.0 Å². The second kappa shape index (κ2) is 9.09. The number of piperidine rings is 1. The zero-order valence-corrected chi connectivity index (χ0v) is 16.6. The third-order valence-corrected chi connectivity index (χ3v) is 6.86. The Hall–Kier alpha value is 0.250. The molecule has 1 heterocycles. The molecule has 0 saturated carbocycles. The Morgan fingerprint density at radius 1 is 1.17 bits per heavy atom. The van der Waals surface area contributed by atoms with Crippen molar-refractivity contribution in [1.29, 1.82) is 0 Å². The van der Waals surface area contributed by atoms with Crippen LogP contribution in [0.3, 0.4) is 0 Å². The quantitative estimate of drug-likeness (QED) is 0.779. The summed E-state index contributed by atoms with van der Waals surface area (Å²) in [6.07, 6.45) is 1.66. The van der Waals surface area contributed by atoms with Gasteiger partial charge in [-0.3, -0.25) is 0 Å². The van der Waals surface area contributed by atoms with Gasteiger partial charge in [0.05, 0.1) is 10.0 Å². The van der Waals surface area contributed by atoms with Crippen molar-refractivity contribution in [3.05, 3.63) is 27.2 Å². The average molecular weight is 422 g/mol. The molecule has 0 atom stereocenters. The highest BCUT2D eigenvalue weighted by Gasteiger charge is 2.32. The maximum absolute atomic E-state index is 12.8. The van der Waals surface area contributed by atoms with E-state index in [1.165, 1.54) is 16.4 Å². The van der Waals surface area contributed by atoms with E-state index in [1.54, 1.807) is 0 Å². The average Bonchev–Trinajstić information content (AvgIpc) is 2.44. The van der Waals surface area contributed by atoms with Crippen LogP contribution in [0.4, 0.5) is 0 Å². The van der Waals surface area contributed by atoms with Gasteiger partial charge in [-0.1, -0.05) is 41.7 Å². The van der Waals surface area contributed by atoms with E-state index in [9.17, 15) is 8.42 Å². The number of rotatable bonds is 5. The Balaban J connectivity index is 0.00000264. The molecule has 0 bridgehead atoms. The number of hydrogen-bond acceptors (Lipinski definition) is 3. The van der Waals surface area contributed by atoms with E-state index in [-0.39, 0.29) is 27.3 Å². The zero-order chi connectivity index (χ0) is 16.3. The van der Waals surface area contributed by atoms with Gasteiger partial charge in [-0.15, -0.1) is 12.4 Å². The molecule has 0 unspecified atom stereocenters. The number of nitrogens with zero attached hydrogens (tertiary/aromatic N) is 1. The lowest BCUT2D eigenvalue weighted by Gasteiger charge is -2.31. The van der Waals surface area contributed by atoms with Gasteiger partial charge in [0, 0.05) is 18.1 Å². The Morgan fingerprint density at radius 3 is 2.17 bits per heavy atom. The van der Waals surface area contributed by atoms with Crippen LogP contribution >= 0.6 is 47.2 Å². The molecule has 0 amide bonds. The maximum atomic E-state index is 12.8. The predicted molar refractivity (Wildman–Crippen MR) is 98.7 cm³/mol. The summed E-state index contributed by atoms with van der Waals surface area (Å²) in [7, 11) is -3.69. The summed E-state index contributed by atoms with van der Waals surface area (Å²) in [6.45, 7) is 4.87. The number of nitrogens with one attached hydrogen (secondary N) is 1. The molecule has 0 spiro atoms. The van der Waals surface area contributed by atoms with Gasteiger partial charge in [0.25, 0.3) is 0 Å². The van der Waals surface area contributed by atoms with Crippen molar-refractivity contribution in [3.63, 3.8) is 0 Å².